The van der Waals surface area contributed by atoms with E-state index in [1.54, 1.807) is 0 Å². The molecule has 0 spiro atoms. The summed E-state index contributed by atoms with van der Waals surface area (Å²) in [6.45, 7) is 4.68. The summed E-state index contributed by atoms with van der Waals surface area (Å²) in [5.74, 6) is 0. The highest BCUT2D eigenvalue weighted by atomic mass is 15.1. The van der Waals surface area contributed by atoms with Crippen molar-refractivity contribution in [1.29, 1.82) is 0 Å². The molecule has 2 heterocycles. The Labute approximate surface area is 268 Å². The lowest BCUT2D eigenvalue weighted by atomic mass is 9.81. The van der Waals surface area contributed by atoms with Crippen molar-refractivity contribution in [2.45, 2.75) is 19.3 Å². The van der Waals surface area contributed by atoms with Gasteiger partial charge in [0.05, 0.1) is 22.9 Å². The molecule has 3 nitrogen and oxygen atoms in total. The quantitative estimate of drug-likeness (QED) is 0.204. The van der Waals surface area contributed by atoms with E-state index >= 15 is 0 Å². The number of hydrogen-bond donors (Lipinski definition) is 0. The van der Waals surface area contributed by atoms with Gasteiger partial charge in [-0.15, -0.1) is 0 Å². The van der Waals surface area contributed by atoms with E-state index in [1.165, 1.54) is 49.6 Å². The maximum atomic E-state index is 4.67. The highest BCUT2D eigenvalue weighted by Gasteiger charge is 2.35. The lowest BCUT2D eigenvalue weighted by Crippen LogP contribution is -2.14. The molecule has 0 amide bonds. The molecule has 46 heavy (non-hydrogen) atoms. The van der Waals surface area contributed by atoms with E-state index in [9.17, 15) is 0 Å². The summed E-state index contributed by atoms with van der Waals surface area (Å²) in [7, 11) is 0. The van der Waals surface area contributed by atoms with Crippen LogP contribution in [0.25, 0.3) is 72.1 Å². The van der Waals surface area contributed by atoms with Gasteiger partial charge in [-0.05, 0) is 81.4 Å². The van der Waals surface area contributed by atoms with Gasteiger partial charge in [-0.1, -0.05) is 117 Å². The first kappa shape index (κ1) is 26.6. The molecule has 1 aliphatic rings. The number of aromatic nitrogens is 3. The van der Waals surface area contributed by atoms with E-state index in [4.69, 9.17) is 0 Å². The molecule has 0 N–H and O–H groups in total. The van der Waals surface area contributed by atoms with Crippen LogP contribution in [0.15, 0.2) is 152 Å². The zero-order chi connectivity index (χ0) is 30.8. The Bertz CT molecular complexity index is 2400. The minimum Gasteiger partial charge on any atom is -0.309 e. The zero-order valence-electron chi connectivity index (χ0n) is 25.8. The molecule has 9 rings (SSSR count). The smallest absolute Gasteiger partial charge is 0.0936 e. The van der Waals surface area contributed by atoms with Crippen molar-refractivity contribution in [3.63, 3.8) is 0 Å². The molecule has 0 atom stereocenters. The molecule has 0 fully saturated rings. The van der Waals surface area contributed by atoms with Crippen molar-refractivity contribution in [3.05, 3.63) is 163 Å². The van der Waals surface area contributed by atoms with Gasteiger partial charge in [0, 0.05) is 33.0 Å². The van der Waals surface area contributed by atoms with Gasteiger partial charge in [0.1, 0.15) is 0 Å². The molecule has 0 radical (unpaired) electrons. The lowest BCUT2D eigenvalue weighted by molar-refractivity contribution is 0.660. The molecule has 2 aromatic heterocycles. The normalized spacial score (nSPS) is 13.2. The summed E-state index contributed by atoms with van der Waals surface area (Å²) < 4.78 is 2.39. The standard InChI is InChI=1S/C43H31N3/c1-43(2)38-17-9-6-14-34(38)35-21-20-29(25-39(35)43)30-22-31(40-26-32(27-44-45-40)28-12-4-3-5-13-28)24-33(23-30)46-41-18-10-7-15-36(41)37-16-8-11-19-42(37)46/h3-27H,1-2H3. The maximum Gasteiger partial charge on any atom is 0.0936 e. The first-order chi connectivity index (χ1) is 22.6. The number of rotatable bonds is 4. The minimum absolute atomic E-state index is 0.0787. The molecule has 8 aromatic rings. The summed E-state index contributed by atoms with van der Waals surface area (Å²) in [6, 6.07) is 52.5. The fourth-order valence-corrected chi connectivity index (χ4v) is 7.44. The fourth-order valence-electron chi connectivity index (χ4n) is 7.44. The van der Waals surface area contributed by atoms with Crippen LogP contribution >= 0.6 is 0 Å². The monoisotopic (exact) mass is 589 g/mol. The molecule has 3 heteroatoms. The summed E-state index contributed by atoms with van der Waals surface area (Å²) in [4.78, 5) is 0. The van der Waals surface area contributed by atoms with Gasteiger partial charge in [-0.25, -0.2) is 0 Å². The van der Waals surface area contributed by atoms with Crippen LogP contribution in [0.3, 0.4) is 0 Å². The molecule has 0 bridgehead atoms. The van der Waals surface area contributed by atoms with Crippen molar-refractivity contribution in [3.8, 4) is 50.3 Å². The SMILES string of the molecule is CC1(C)c2ccccc2-c2ccc(-c3cc(-c4cc(-c5ccccc5)cnn4)cc(-n4c5ccccc5c5ccccc54)c3)cc21. The average Bonchev–Trinajstić information content (AvgIpc) is 3.57. The molecular weight excluding hydrogens is 558 g/mol. The predicted octanol–water partition coefficient (Wildman–Crippen LogP) is 10.9. The largest absolute Gasteiger partial charge is 0.309 e. The Hall–Kier alpha value is -5.80. The van der Waals surface area contributed by atoms with Crippen molar-refractivity contribution < 1.29 is 0 Å². The van der Waals surface area contributed by atoms with Crippen LogP contribution in [0.5, 0.6) is 0 Å². The summed E-state index contributed by atoms with van der Waals surface area (Å²) in [5.41, 5.74) is 15.2. The average molecular weight is 590 g/mol. The second kappa shape index (κ2) is 10.1. The predicted molar refractivity (Wildman–Crippen MR) is 190 cm³/mol. The van der Waals surface area contributed by atoms with Crippen LogP contribution in [0, 0.1) is 0 Å². The molecule has 0 saturated heterocycles. The number of benzene rings is 6. The third-order valence-corrected chi connectivity index (χ3v) is 9.73. The van der Waals surface area contributed by atoms with Crippen molar-refractivity contribution in [2.75, 3.05) is 0 Å². The van der Waals surface area contributed by atoms with Crippen LogP contribution in [-0.2, 0) is 5.41 Å². The van der Waals surface area contributed by atoms with Gasteiger partial charge in [0.25, 0.3) is 0 Å². The van der Waals surface area contributed by atoms with Crippen molar-refractivity contribution >= 4 is 21.8 Å². The minimum atomic E-state index is -0.0787. The Balaban J connectivity index is 1.29. The summed E-state index contributed by atoms with van der Waals surface area (Å²) in [6.07, 6.45) is 1.84. The van der Waals surface area contributed by atoms with E-state index in [2.05, 4.69) is 168 Å². The Morgan fingerprint density at radius 1 is 0.478 bits per heavy atom. The van der Waals surface area contributed by atoms with Crippen molar-refractivity contribution in [1.82, 2.24) is 14.8 Å². The first-order valence-electron chi connectivity index (χ1n) is 15.8. The fraction of sp³-hybridized carbons (Fsp3) is 0.0698. The number of para-hydroxylation sites is 2. The molecular formula is C43H31N3. The summed E-state index contributed by atoms with van der Waals surface area (Å²) in [5, 5.41) is 11.6. The van der Waals surface area contributed by atoms with Gasteiger partial charge < -0.3 is 4.57 Å². The first-order valence-corrected chi connectivity index (χ1v) is 15.8. The topological polar surface area (TPSA) is 30.7 Å². The van der Waals surface area contributed by atoms with Gasteiger partial charge in [0.15, 0.2) is 0 Å². The lowest BCUT2D eigenvalue weighted by Gasteiger charge is -2.22. The second-order valence-corrected chi connectivity index (χ2v) is 12.8. The van der Waals surface area contributed by atoms with E-state index in [1.807, 2.05) is 12.3 Å². The van der Waals surface area contributed by atoms with Gasteiger partial charge >= 0.3 is 0 Å². The van der Waals surface area contributed by atoms with Gasteiger partial charge in [0.2, 0.25) is 0 Å². The molecule has 0 unspecified atom stereocenters. The van der Waals surface area contributed by atoms with Gasteiger partial charge in [-0.2, -0.15) is 10.2 Å². The Morgan fingerprint density at radius 2 is 1.13 bits per heavy atom. The molecule has 218 valence electrons. The third-order valence-electron chi connectivity index (χ3n) is 9.73. The number of hydrogen-bond acceptors (Lipinski definition) is 2. The van der Waals surface area contributed by atoms with Crippen molar-refractivity contribution in [2.24, 2.45) is 0 Å². The van der Waals surface area contributed by atoms with Gasteiger partial charge in [-0.3, -0.25) is 0 Å². The van der Waals surface area contributed by atoms with Crippen LogP contribution < -0.4 is 0 Å². The molecule has 0 saturated carbocycles. The Kier molecular flexibility index (Phi) is 5.85. The zero-order valence-corrected chi connectivity index (χ0v) is 25.8. The molecule has 6 aromatic carbocycles. The number of fused-ring (bicyclic) bond motifs is 6. The summed E-state index contributed by atoms with van der Waals surface area (Å²) >= 11 is 0. The maximum absolute atomic E-state index is 4.67. The highest BCUT2D eigenvalue weighted by molar-refractivity contribution is 6.09. The van der Waals surface area contributed by atoms with E-state index in [0.29, 0.717) is 0 Å². The highest BCUT2D eigenvalue weighted by Crippen LogP contribution is 2.49. The van der Waals surface area contributed by atoms with E-state index < -0.39 is 0 Å². The molecule has 1 aliphatic carbocycles. The van der Waals surface area contributed by atoms with Crippen LogP contribution in [-0.4, -0.2) is 14.8 Å². The Morgan fingerprint density at radius 3 is 1.91 bits per heavy atom. The number of nitrogens with zero attached hydrogens (tertiary/aromatic N) is 3. The van der Waals surface area contributed by atoms with Crippen LogP contribution in [0.2, 0.25) is 0 Å². The van der Waals surface area contributed by atoms with E-state index in [-0.39, 0.29) is 5.41 Å². The second-order valence-electron chi connectivity index (χ2n) is 12.8. The van der Waals surface area contributed by atoms with Crippen LogP contribution in [0.1, 0.15) is 25.0 Å². The third kappa shape index (κ3) is 4.05. The molecule has 0 aliphatic heterocycles. The van der Waals surface area contributed by atoms with E-state index in [0.717, 1.165) is 33.6 Å². The van der Waals surface area contributed by atoms with Crippen LogP contribution in [0.4, 0.5) is 0 Å².